The van der Waals surface area contributed by atoms with E-state index in [-0.39, 0.29) is 11.9 Å². The van der Waals surface area contributed by atoms with E-state index in [0.717, 1.165) is 47.0 Å². The number of pyridine rings is 1. The third-order valence-corrected chi connectivity index (χ3v) is 6.75. The van der Waals surface area contributed by atoms with E-state index in [2.05, 4.69) is 28.3 Å². The van der Waals surface area contributed by atoms with E-state index in [1.54, 1.807) is 12.1 Å². The number of oxazole rings is 1. The number of nitrogens with zero attached hydrogens (tertiary/aromatic N) is 2. The molecule has 0 spiro atoms. The van der Waals surface area contributed by atoms with E-state index in [9.17, 15) is 4.39 Å². The molecule has 5 nitrogen and oxygen atoms in total. The van der Waals surface area contributed by atoms with Gasteiger partial charge in [0.1, 0.15) is 17.1 Å². The molecule has 33 heavy (non-hydrogen) atoms. The Morgan fingerprint density at radius 3 is 2.73 bits per heavy atom. The van der Waals surface area contributed by atoms with E-state index in [0.29, 0.717) is 24.5 Å². The van der Waals surface area contributed by atoms with Crippen LogP contribution in [0.25, 0.3) is 22.0 Å². The van der Waals surface area contributed by atoms with Crippen molar-refractivity contribution in [2.75, 3.05) is 11.9 Å². The lowest BCUT2D eigenvalue weighted by Gasteiger charge is -2.31. The summed E-state index contributed by atoms with van der Waals surface area (Å²) in [7, 11) is 0. The van der Waals surface area contributed by atoms with Crippen molar-refractivity contribution >= 4 is 28.0 Å². The molecule has 1 aliphatic carbocycles. The Morgan fingerprint density at radius 1 is 1.09 bits per heavy atom. The smallest absolute Gasteiger partial charge is 0.295 e. The quantitative estimate of drug-likeness (QED) is 0.328. The molecule has 0 amide bonds. The molecule has 0 radical (unpaired) electrons. The molecule has 1 aliphatic rings. The van der Waals surface area contributed by atoms with Gasteiger partial charge in [0.05, 0.1) is 12.1 Å². The first-order chi connectivity index (χ1) is 16.1. The SMILES string of the molecule is CCOc1ccc2nc(N[C@H](C)CC3CCC(c4ccnc5ccc(F)cc45)CC3)oc2c1. The first kappa shape index (κ1) is 21.7. The van der Waals surface area contributed by atoms with Crippen molar-refractivity contribution in [3.05, 3.63) is 60.0 Å². The monoisotopic (exact) mass is 447 g/mol. The highest BCUT2D eigenvalue weighted by molar-refractivity contribution is 5.82. The number of benzene rings is 2. The number of hydrogen-bond acceptors (Lipinski definition) is 5. The van der Waals surface area contributed by atoms with Crippen LogP contribution in [0.2, 0.25) is 0 Å². The number of rotatable bonds is 7. The zero-order valence-electron chi connectivity index (χ0n) is 19.2. The fraction of sp³-hybridized carbons (Fsp3) is 0.407. The van der Waals surface area contributed by atoms with Gasteiger partial charge in [0.2, 0.25) is 0 Å². The highest BCUT2D eigenvalue weighted by atomic mass is 19.1. The number of aromatic nitrogens is 2. The molecule has 2 aromatic heterocycles. The summed E-state index contributed by atoms with van der Waals surface area (Å²) in [4.78, 5) is 8.97. The van der Waals surface area contributed by atoms with Gasteiger partial charge in [0, 0.05) is 23.7 Å². The Bertz CT molecular complexity index is 1250. The topological polar surface area (TPSA) is 60.2 Å². The molecular weight excluding hydrogens is 417 g/mol. The summed E-state index contributed by atoms with van der Waals surface area (Å²) in [5.74, 6) is 1.72. The zero-order chi connectivity index (χ0) is 22.8. The molecule has 1 N–H and O–H groups in total. The van der Waals surface area contributed by atoms with Crippen molar-refractivity contribution in [1.29, 1.82) is 0 Å². The van der Waals surface area contributed by atoms with Crippen LogP contribution < -0.4 is 10.1 Å². The Kier molecular flexibility index (Phi) is 6.16. The van der Waals surface area contributed by atoms with E-state index in [1.165, 1.54) is 24.5 Å². The van der Waals surface area contributed by atoms with E-state index < -0.39 is 0 Å². The van der Waals surface area contributed by atoms with Gasteiger partial charge >= 0.3 is 0 Å². The maximum absolute atomic E-state index is 13.8. The molecule has 1 atom stereocenters. The molecule has 4 aromatic rings. The largest absolute Gasteiger partial charge is 0.494 e. The molecule has 2 aromatic carbocycles. The second kappa shape index (κ2) is 9.38. The highest BCUT2D eigenvalue weighted by Crippen LogP contribution is 2.40. The Balaban J connectivity index is 1.18. The van der Waals surface area contributed by atoms with E-state index >= 15 is 0 Å². The molecule has 2 heterocycles. The Morgan fingerprint density at radius 2 is 1.91 bits per heavy atom. The lowest BCUT2D eigenvalue weighted by molar-refractivity contribution is 0.301. The van der Waals surface area contributed by atoms with Gasteiger partial charge in [-0.05, 0) is 99.7 Å². The molecule has 0 saturated heterocycles. The van der Waals surface area contributed by atoms with Crippen LogP contribution in [0.1, 0.15) is 57.4 Å². The van der Waals surface area contributed by atoms with Crippen molar-refractivity contribution in [2.24, 2.45) is 5.92 Å². The summed E-state index contributed by atoms with van der Waals surface area (Å²) in [5, 5.41) is 4.39. The normalized spacial score (nSPS) is 19.6. The summed E-state index contributed by atoms with van der Waals surface area (Å²) in [6, 6.07) is 13.5. The van der Waals surface area contributed by atoms with Gasteiger partial charge in [-0.1, -0.05) is 0 Å². The third kappa shape index (κ3) is 4.80. The summed E-state index contributed by atoms with van der Waals surface area (Å²) >= 11 is 0. The predicted molar refractivity (Wildman–Crippen MR) is 129 cm³/mol. The minimum Gasteiger partial charge on any atom is -0.494 e. The van der Waals surface area contributed by atoms with Crippen molar-refractivity contribution < 1.29 is 13.5 Å². The second-order valence-corrected chi connectivity index (χ2v) is 9.14. The van der Waals surface area contributed by atoms with Crippen LogP contribution in [0.3, 0.4) is 0 Å². The van der Waals surface area contributed by atoms with Gasteiger partial charge in [-0.2, -0.15) is 4.98 Å². The van der Waals surface area contributed by atoms with Crippen molar-refractivity contribution in [1.82, 2.24) is 9.97 Å². The Hall–Kier alpha value is -3.15. The lowest BCUT2D eigenvalue weighted by Crippen LogP contribution is -2.23. The van der Waals surface area contributed by atoms with Gasteiger partial charge in [-0.25, -0.2) is 4.39 Å². The average molecular weight is 448 g/mol. The van der Waals surface area contributed by atoms with Crippen LogP contribution in [0.15, 0.2) is 53.1 Å². The van der Waals surface area contributed by atoms with Crippen LogP contribution in [0.4, 0.5) is 10.4 Å². The lowest BCUT2D eigenvalue weighted by atomic mass is 9.76. The minimum absolute atomic E-state index is 0.196. The minimum atomic E-state index is -0.196. The van der Waals surface area contributed by atoms with Crippen LogP contribution in [0, 0.1) is 11.7 Å². The molecule has 0 unspecified atom stereocenters. The van der Waals surface area contributed by atoms with Gasteiger partial charge in [0.15, 0.2) is 5.58 Å². The fourth-order valence-corrected chi connectivity index (χ4v) is 5.20. The molecule has 1 saturated carbocycles. The van der Waals surface area contributed by atoms with Gasteiger partial charge in [-0.3, -0.25) is 4.98 Å². The van der Waals surface area contributed by atoms with Crippen molar-refractivity contribution in [3.8, 4) is 5.75 Å². The molecule has 1 fully saturated rings. The molecule has 172 valence electrons. The number of nitrogens with one attached hydrogen (secondary N) is 1. The molecule has 5 rings (SSSR count). The van der Waals surface area contributed by atoms with E-state index in [1.807, 2.05) is 31.3 Å². The van der Waals surface area contributed by atoms with Gasteiger partial charge in [-0.15, -0.1) is 0 Å². The van der Waals surface area contributed by atoms with Crippen molar-refractivity contribution in [2.45, 2.75) is 57.9 Å². The molecule has 6 heteroatoms. The van der Waals surface area contributed by atoms with Gasteiger partial charge < -0.3 is 14.5 Å². The summed E-state index contributed by atoms with van der Waals surface area (Å²) < 4.78 is 25.3. The number of hydrogen-bond donors (Lipinski definition) is 1. The van der Waals surface area contributed by atoms with Crippen LogP contribution in [-0.4, -0.2) is 22.6 Å². The average Bonchev–Trinajstić information content (AvgIpc) is 3.21. The predicted octanol–water partition coefficient (Wildman–Crippen LogP) is 7.08. The zero-order valence-corrected chi connectivity index (χ0v) is 19.2. The molecule has 0 aliphatic heterocycles. The standard InChI is InChI=1S/C27H30FN3O2/c1-3-32-21-9-11-25-26(16-21)33-27(31-25)30-17(2)14-18-4-6-19(7-5-18)22-12-13-29-24-10-8-20(28)15-23(22)24/h8-13,15-19H,3-7,14H2,1-2H3,(H,30,31)/t17-,18?,19?/m1/s1. The van der Waals surface area contributed by atoms with Crippen molar-refractivity contribution in [3.63, 3.8) is 0 Å². The number of fused-ring (bicyclic) bond motifs is 2. The van der Waals surface area contributed by atoms with Crippen LogP contribution in [0.5, 0.6) is 5.75 Å². The first-order valence-electron chi connectivity index (χ1n) is 11.9. The maximum Gasteiger partial charge on any atom is 0.295 e. The Labute approximate surface area is 193 Å². The number of halogens is 1. The summed E-state index contributed by atoms with van der Waals surface area (Å²) in [5.41, 5.74) is 3.68. The number of anilines is 1. The highest BCUT2D eigenvalue weighted by Gasteiger charge is 2.25. The maximum atomic E-state index is 13.8. The molecular formula is C27H30FN3O2. The van der Waals surface area contributed by atoms with Gasteiger partial charge in [0.25, 0.3) is 6.01 Å². The second-order valence-electron chi connectivity index (χ2n) is 9.14. The summed E-state index contributed by atoms with van der Waals surface area (Å²) in [6.07, 6.45) is 7.50. The van der Waals surface area contributed by atoms with Crippen LogP contribution >= 0.6 is 0 Å². The fourth-order valence-electron chi connectivity index (χ4n) is 5.20. The number of ether oxygens (including phenoxy) is 1. The summed E-state index contributed by atoms with van der Waals surface area (Å²) in [6.45, 7) is 4.77. The van der Waals surface area contributed by atoms with E-state index in [4.69, 9.17) is 9.15 Å². The van der Waals surface area contributed by atoms with Crippen LogP contribution in [-0.2, 0) is 0 Å². The molecule has 0 bridgehead atoms. The first-order valence-corrected chi connectivity index (χ1v) is 11.9. The third-order valence-electron chi connectivity index (χ3n) is 6.75.